The van der Waals surface area contributed by atoms with E-state index in [4.69, 9.17) is 0 Å². The number of aromatic nitrogens is 1. The zero-order valence-electron chi connectivity index (χ0n) is 12.7. The van der Waals surface area contributed by atoms with Crippen molar-refractivity contribution in [3.05, 3.63) is 81.4 Å². The van der Waals surface area contributed by atoms with Crippen molar-refractivity contribution in [2.45, 2.75) is 11.8 Å². The number of nitro benzene ring substituents is 1. The second-order valence-electron chi connectivity index (χ2n) is 5.23. The molecular weight excluding hydrogens is 330 g/mol. The van der Waals surface area contributed by atoms with E-state index in [0.717, 1.165) is 10.2 Å². The summed E-state index contributed by atoms with van der Waals surface area (Å²) in [6, 6.07) is 12.4. The average molecular weight is 343 g/mol. The van der Waals surface area contributed by atoms with E-state index in [1.165, 1.54) is 36.7 Å². The van der Waals surface area contributed by atoms with E-state index in [-0.39, 0.29) is 10.6 Å². The minimum atomic E-state index is -3.87. The van der Waals surface area contributed by atoms with Gasteiger partial charge in [-0.25, -0.2) is 13.1 Å². The molecule has 0 bridgehead atoms. The molecule has 3 rings (SSSR count). The molecule has 1 heterocycles. The number of hydrogen-bond donors (Lipinski definition) is 0. The number of sulfonamides is 1. The molecule has 2 aromatic carbocycles. The van der Waals surface area contributed by atoms with Crippen LogP contribution in [0.5, 0.6) is 0 Å². The summed E-state index contributed by atoms with van der Waals surface area (Å²) in [4.78, 5) is 14.4. The lowest BCUT2D eigenvalue weighted by atomic mass is 10.1. The molecule has 7 nitrogen and oxygen atoms in total. The number of fused-ring (bicyclic) bond motifs is 1. The van der Waals surface area contributed by atoms with Crippen molar-refractivity contribution in [1.29, 1.82) is 0 Å². The lowest BCUT2D eigenvalue weighted by Crippen LogP contribution is -2.31. The minimum absolute atomic E-state index is 0.0407. The number of benzene rings is 2. The summed E-state index contributed by atoms with van der Waals surface area (Å²) >= 11 is 0. The number of nitrogens with zero attached hydrogens (tertiary/aromatic N) is 3. The van der Waals surface area contributed by atoms with Gasteiger partial charge in [-0.3, -0.25) is 10.1 Å². The van der Waals surface area contributed by atoms with E-state index in [1.54, 1.807) is 24.3 Å². The smallest absolute Gasteiger partial charge is 0.277 e. The molecule has 0 amide bonds. The van der Waals surface area contributed by atoms with Crippen LogP contribution in [0, 0.1) is 17.0 Å². The zero-order chi connectivity index (χ0) is 17.3. The highest BCUT2D eigenvalue weighted by molar-refractivity contribution is 7.93. The van der Waals surface area contributed by atoms with Gasteiger partial charge in [0.15, 0.2) is 22.4 Å². The Bertz CT molecular complexity index is 1030. The highest BCUT2D eigenvalue weighted by atomic mass is 32.2. The Morgan fingerprint density at radius 1 is 1.08 bits per heavy atom. The van der Waals surface area contributed by atoms with Crippen molar-refractivity contribution in [2.75, 3.05) is 0 Å². The summed E-state index contributed by atoms with van der Waals surface area (Å²) in [5, 5.41) is 12.0. The lowest BCUT2D eigenvalue weighted by molar-refractivity contribution is -0.612. The quantitative estimate of drug-likeness (QED) is 0.413. The summed E-state index contributed by atoms with van der Waals surface area (Å²) in [6.07, 6.45) is 2.81. The van der Waals surface area contributed by atoms with Gasteiger partial charge in [0, 0.05) is 12.1 Å². The Hall–Kier alpha value is -3.00. The minimum Gasteiger partial charge on any atom is -0.318 e. The predicted octanol–water partition coefficient (Wildman–Crippen LogP) is 2.87. The average Bonchev–Trinajstić information content (AvgIpc) is 2.54. The van der Waals surface area contributed by atoms with Crippen molar-refractivity contribution in [3.8, 4) is 0 Å². The summed E-state index contributed by atoms with van der Waals surface area (Å²) in [5.74, 6) is 0. The zero-order valence-corrected chi connectivity index (χ0v) is 13.5. The Labute approximate surface area is 138 Å². The van der Waals surface area contributed by atoms with Crippen LogP contribution < -0.4 is 4.68 Å². The summed E-state index contributed by atoms with van der Waals surface area (Å²) in [6.45, 7) is 1.86. The molecule has 0 saturated heterocycles. The van der Waals surface area contributed by atoms with E-state index >= 15 is 0 Å². The Morgan fingerprint density at radius 2 is 1.79 bits per heavy atom. The van der Waals surface area contributed by atoms with Crippen LogP contribution in [-0.2, 0) is 10.0 Å². The number of nitro groups is 1. The number of hydrogen-bond acceptors (Lipinski definition) is 4. The van der Waals surface area contributed by atoms with Crippen LogP contribution in [0.1, 0.15) is 5.56 Å². The van der Waals surface area contributed by atoms with E-state index in [9.17, 15) is 18.5 Å². The molecular formula is C16H13N3O4S. The van der Waals surface area contributed by atoms with Gasteiger partial charge in [-0.15, -0.1) is 0 Å². The fourth-order valence-electron chi connectivity index (χ4n) is 2.29. The van der Waals surface area contributed by atoms with E-state index < -0.39 is 14.9 Å². The second-order valence-corrected chi connectivity index (χ2v) is 6.82. The Morgan fingerprint density at radius 3 is 2.46 bits per heavy atom. The molecule has 122 valence electrons. The number of non-ortho nitro benzene ring substituents is 1. The highest BCUT2D eigenvalue weighted by Gasteiger charge is 2.14. The van der Waals surface area contributed by atoms with E-state index in [2.05, 4.69) is 4.83 Å². The number of aryl methyl sites for hydroxylation is 1. The first-order valence-corrected chi connectivity index (χ1v) is 8.44. The van der Waals surface area contributed by atoms with Crippen LogP contribution in [0.3, 0.4) is 0 Å². The summed E-state index contributed by atoms with van der Waals surface area (Å²) in [7, 11) is -3.87. The topological polar surface area (TPSA) is 95.3 Å². The molecule has 0 spiro atoms. The van der Waals surface area contributed by atoms with Gasteiger partial charge in [0.1, 0.15) is 0 Å². The van der Waals surface area contributed by atoms with Gasteiger partial charge in [0.05, 0.1) is 20.6 Å². The molecule has 3 aromatic rings. The van der Waals surface area contributed by atoms with Crippen molar-refractivity contribution in [3.63, 3.8) is 0 Å². The Balaban J connectivity index is 1.98. The number of rotatable bonds is 4. The van der Waals surface area contributed by atoms with Crippen LogP contribution in [0.25, 0.3) is 15.6 Å². The monoisotopic (exact) mass is 343 g/mol. The fourth-order valence-corrected chi connectivity index (χ4v) is 3.22. The molecule has 0 aliphatic rings. The van der Waals surface area contributed by atoms with Crippen molar-refractivity contribution >= 4 is 26.5 Å². The molecule has 8 heteroatoms. The maximum absolute atomic E-state index is 12.3. The summed E-state index contributed by atoms with van der Waals surface area (Å²) in [5.41, 5.74) is 0.903. The first-order valence-electron chi connectivity index (χ1n) is 7.00. The van der Waals surface area contributed by atoms with Gasteiger partial charge in [-0.2, -0.15) is 0 Å². The summed E-state index contributed by atoms with van der Waals surface area (Å²) < 4.78 is 25.8. The molecule has 0 fully saturated rings. The maximum atomic E-state index is 12.3. The predicted molar refractivity (Wildman–Crippen MR) is 87.9 cm³/mol. The van der Waals surface area contributed by atoms with Crippen LogP contribution in [0.15, 0.2) is 65.8 Å². The highest BCUT2D eigenvalue weighted by Crippen LogP contribution is 2.24. The third-order valence-corrected chi connectivity index (χ3v) is 4.77. The van der Waals surface area contributed by atoms with Crippen LogP contribution in [0.4, 0.5) is 5.69 Å². The van der Waals surface area contributed by atoms with Gasteiger partial charge < -0.3 is 4.83 Å². The molecule has 0 saturated carbocycles. The molecule has 0 N–H and O–H groups in total. The van der Waals surface area contributed by atoms with Gasteiger partial charge in [0.2, 0.25) is 0 Å². The lowest BCUT2D eigenvalue weighted by Gasteiger charge is -2.14. The number of pyridine rings is 1. The first kappa shape index (κ1) is 15.9. The largest absolute Gasteiger partial charge is 0.318 e. The fraction of sp³-hybridized carbons (Fsp3) is 0.0625. The third kappa shape index (κ3) is 3.04. The molecule has 0 radical (unpaired) electrons. The molecule has 0 aliphatic heterocycles. The molecule has 0 atom stereocenters. The van der Waals surface area contributed by atoms with E-state index in [1.807, 2.05) is 6.92 Å². The molecule has 0 aliphatic carbocycles. The van der Waals surface area contributed by atoms with Crippen LogP contribution >= 0.6 is 0 Å². The van der Waals surface area contributed by atoms with Gasteiger partial charge >= 0.3 is 0 Å². The van der Waals surface area contributed by atoms with Crippen molar-refractivity contribution < 1.29 is 18.0 Å². The van der Waals surface area contributed by atoms with Gasteiger partial charge in [-0.1, -0.05) is 23.8 Å². The maximum Gasteiger partial charge on any atom is 0.277 e. The SMILES string of the molecule is Cc1ccc(S(=O)(=O)[N-][n+]2ccc3c([N+](=O)[O-])cccc3c2)cc1. The van der Waals surface area contributed by atoms with Gasteiger partial charge in [-0.05, 0) is 25.1 Å². The normalized spacial score (nSPS) is 11.4. The van der Waals surface area contributed by atoms with Crippen LogP contribution in [-0.4, -0.2) is 13.3 Å². The van der Waals surface area contributed by atoms with Crippen molar-refractivity contribution in [2.24, 2.45) is 0 Å². The first-order chi connectivity index (χ1) is 11.4. The second kappa shape index (κ2) is 5.89. The van der Waals surface area contributed by atoms with Crippen molar-refractivity contribution in [1.82, 2.24) is 0 Å². The van der Waals surface area contributed by atoms with Crippen LogP contribution in [0.2, 0.25) is 0 Å². The Kier molecular flexibility index (Phi) is 3.90. The van der Waals surface area contributed by atoms with E-state index in [0.29, 0.717) is 10.8 Å². The molecule has 24 heavy (non-hydrogen) atoms. The third-order valence-electron chi connectivity index (χ3n) is 3.50. The van der Waals surface area contributed by atoms with Gasteiger partial charge in [0.25, 0.3) is 5.69 Å². The molecule has 1 aromatic heterocycles. The standard InChI is InChI=1S/C16H13N3O4S/c1-12-5-7-14(8-6-12)24(22,23)17-18-10-9-15-13(11-18)3-2-4-16(15)19(20)21/h2-11H,1H3. The molecule has 0 unspecified atom stereocenters.